The number of nitrogens with two attached hydrogens (primary N) is 1. The van der Waals surface area contributed by atoms with Crippen LogP contribution in [0.1, 0.15) is 5.69 Å². The van der Waals surface area contributed by atoms with Gasteiger partial charge in [-0.3, -0.25) is 14.5 Å². The lowest BCUT2D eigenvalue weighted by molar-refractivity contribution is -0.687. The van der Waals surface area contributed by atoms with Crippen molar-refractivity contribution in [2.75, 3.05) is 18.6 Å². The number of carbonyl (C=O) groups excluding carboxylic acids is 3. The van der Waals surface area contributed by atoms with E-state index >= 15 is 0 Å². The Hall–Kier alpha value is -4.39. The number of aliphatic carboxylic acids is 1. The lowest BCUT2D eigenvalue weighted by atomic mass is 10.0. The highest BCUT2D eigenvalue weighted by Gasteiger charge is 2.53. The van der Waals surface area contributed by atoms with E-state index in [0.717, 1.165) is 15.7 Å². The van der Waals surface area contributed by atoms with Crippen LogP contribution < -0.4 is 20.7 Å². The highest BCUT2D eigenvalue weighted by Crippen LogP contribution is 2.40. The fourth-order valence-electron chi connectivity index (χ4n) is 4.20. The largest absolute Gasteiger partial charge is 0.543 e. The number of nitrogens with one attached hydrogen (secondary N) is 1. The molecule has 13 heteroatoms. The summed E-state index contributed by atoms with van der Waals surface area (Å²) >= 11 is 1.35. The molecule has 3 aromatic rings. The predicted octanol–water partition coefficient (Wildman–Crippen LogP) is -0.848. The molecule has 36 heavy (non-hydrogen) atoms. The topological polar surface area (TPSA) is 167 Å². The van der Waals surface area contributed by atoms with Gasteiger partial charge in [0.1, 0.15) is 24.2 Å². The number of benzene rings is 1. The minimum Gasteiger partial charge on any atom is -0.543 e. The molecule has 2 aromatic heterocycles. The molecule has 0 aliphatic carbocycles. The van der Waals surface area contributed by atoms with Gasteiger partial charge >= 0.3 is 0 Å². The molecule has 1 fully saturated rings. The van der Waals surface area contributed by atoms with Gasteiger partial charge in [0.15, 0.2) is 24.7 Å². The third-order valence-corrected chi connectivity index (χ3v) is 7.16. The van der Waals surface area contributed by atoms with Crippen LogP contribution in [0.25, 0.3) is 10.8 Å². The second-order valence-corrected chi connectivity index (χ2v) is 9.19. The van der Waals surface area contributed by atoms with Crippen molar-refractivity contribution >= 4 is 51.9 Å². The first kappa shape index (κ1) is 23.4. The van der Waals surface area contributed by atoms with Crippen molar-refractivity contribution in [2.24, 2.45) is 5.16 Å². The Labute approximate surface area is 208 Å². The van der Waals surface area contributed by atoms with Crippen molar-refractivity contribution < 1.29 is 33.4 Å². The van der Waals surface area contributed by atoms with Gasteiger partial charge in [-0.05, 0) is 11.5 Å². The Morgan fingerprint density at radius 3 is 2.83 bits per heavy atom. The van der Waals surface area contributed by atoms with Crippen molar-refractivity contribution in [3.05, 3.63) is 65.8 Å². The molecule has 0 spiro atoms. The average Bonchev–Trinajstić information content (AvgIpc) is 3.30. The quantitative estimate of drug-likeness (QED) is 0.179. The normalized spacial score (nSPS) is 19.6. The molecule has 2 atom stereocenters. The molecule has 2 aliphatic rings. The summed E-state index contributed by atoms with van der Waals surface area (Å²) in [5, 5.41) is 23.4. The summed E-state index contributed by atoms with van der Waals surface area (Å²) < 4.78 is 6.63. The number of carbonyl (C=O) groups is 3. The molecular formula is C23H20N6O6S. The number of nitrogen functional groups attached to an aromatic ring is 1. The van der Waals surface area contributed by atoms with Gasteiger partial charge in [0, 0.05) is 28.8 Å². The fourth-order valence-corrected chi connectivity index (χ4v) is 5.53. The molecular weight excluding hydrogens is 488 g/mol. The zero-order valence-corrected chi connectivity index (χ0v) is 19.7. The summed E-state index contributed by atoms with van der Waals surface area (Å²) in [4.78, 5) is 43.8. The number of aromatic nitrogens is 2. The average molecular weight is 509 g/mol. The molecule has 0 bridgehead atoms. The third kappa shape index (κ3) is 4.13. The number of pyridine rings is 1. The van der Waals surface area contributed by atoms with Crippen LogP contribution in [0.5, 0.6) is 0 Å². The van der Waals surface area contributed by atoms with Crippen LogP contribution in [-0.4, -0.2) is 57.8 Å². The molecule has 1 aromatic carbocycles. The second-order valence-electron chi connectivity index (χ2n) is 8.08. The van der Waals surface area contributed by atoms with Gasteiger partial charge in [0.2, 0.25) is 5.88 Å². The van der Waals surface area contributed by atoms with E-state index in [4.69, 9.17) is 15.1 Å². The van der Waals surface area contributed by atoms with Gasteiger partial charge in [-0.2, -0.15) is 0 Å². The van der Waals surface area contributed by atoms with Crippen LogP contribution >= 0.6 is 11.8 Å². The number of oxime groups is 1. The lowest BCUT2D eigenvalue weighted by Crippen LogP contribution is -2.71. The number of nitrogens with zero attached hydrogens (tertiary/aromatic N) is 4. The number of fused-ring (bicyclic) bond motifs is 2. The van der Waals surface area contributed by atoms with Crippen LogP contribution in [0.15, 0.2) is 69.7 Å². The Kier molecular flexibility index (Phi) is 6.06. The smallest absolute Gasteiger partial charge is 0.276 e. The van der Waals surface area contributed by atoms with Gasteiger partial charge in [-0.25, -0.2) is 4.57 Å². The van der Waals surface area contributed by atoms with E-state index in [2.05, 4.69) is 15.6 Å². The highest BCUT2D eigenvalue weighted by atomic mass is 32.2. The highest BCUT2D eigenvalue weighted by molar-refractivity contribution is 8.00. The molecule has 2 amide bonds. The number of β-lactam (4-membered cyclic amide) rings is 1. The molecule has 184 valence electrons. The van der Waals surface area contributed by atoms with E-state index in [9.17, 15) is 19.5 Å². The summed E-state index contributed by atoms with van der Waals surface area (Å²) in [5.74, 6) is -2.47. The summed E-state index contributed by atoms with van der Waals surface area (Å²) in [6.45, 7) is 0.271. The van der Waals surface area contributed by atoms with Gasteiger partial charge < -0.3 is 30.3 Å². The maximum atomic E-state index is 13.0. The fraction of sp³-hybridized carbons (Fsp3) is 0.217. The summed E-state index contributed by atoms with van der Waals surface area (Å²) in [5.41, 5.74) is 5.65. The Balaban J connectivity index is 1.36. The zero-order valence-electron chi connectivity index (χ0n) is 18.9. The van der Waals surface area contributed by atoms with E-state index in [-0.39, 0.29) is 29.5 Å². The standard InChI is InChI=1S/C23H20N6O6S/c1-34-27-17(15-8-16(24)35-26-15)20(30)25-18-21(31)29-19(23(32)33)14(11-36-22(18)29)10-28-7-6-12-4-2-3-5-13(12)9-28/h2-9,18,22H,10-11H2,1H3,(H3-,24,25,26,30,32,33)/t18?,22-/m0/s1. The number of rotatable bonds is 7. The van der Waals surface area contributed by atoms with Crippen LogP contribution in [-0.2, 0) is 25.8 Å². The van der Waals surface area contributed by atoms with Gasteiger partial charge in [0.25, 0.3) is 11.8 Å². The van der Waals surface area contributed by atoms with E-state index in [1.54, 1.807) is 0 Å². The Morgan fingerprint density at radius 2 is 2.14 bits per heavy atom. The van der Waals surface area contributed by atoms with Crippen LogP contribution in [0.3, 0.4) is 0 Å². The molecule has 0 saturated carbocycles. The lowest BCUT2D eigenvalue weighted by Gasteiger charge is -2.50. The molecule has 1 saturated heterocycles. The Morgan fingerprint density at radius 1 is 1.36 bits per heavy atom. The van der Waals surface area contributed by atoms with Crippen molar-refractivity contribution in [2.45, 2.75) is 18.0 Å². The SMILES string of the molecule is CON=C(C(=O)NC1C(=O)N2C(C(=O)[O-])=C(C[n+]3ccc4ccccc4c3)CS[C@@H]12)c1cc(N)on1. The van der Waals surface area contributed by atoms with Crippen LogP contribution in [0.4, 0.5) is 5.88 Å². The van der Waals surface area contributed by atoms with E-state index in [1.165, 1.54) is 24.9 Å². The first-order valence-electron chi connectivity index (χ1n) is 10.8. The van der Waals surface area contributed by atoms with Gasteiger partial charge in [-0.1, -0.05) is 28.5 Å². The second kappa shape index (κ2) is 9.34. The summed E-state index contributed by atoms with van der Waals surface area (Å²) in [7, 11) is 1.25. The van der Waals surface area contributed by atoms with Crippen LogP contribution in [0, 0.1) is 0 Å². The maximum absolute atomic E-state index is 13.0. The molecule has 0 radical (unpaired) electrons. The predicted molar refractivity (Wildman–Crippen MR) is 126 cm³/mol. The molecule has 2 aliphatic heterocycles. The zero-order chi connectivity index (χ0) is 25.4. The van der Waals surface area contributed by atoms with Gasteiger partial charge in [-0.15, -0.1) is 11.8 Å². The number of amides is 2. The molecule has 1 unspecified atom stereocenters. The number of thioether (sulfide) groups is 1. The minimum absolute atomic E-state index is 0.0248. The summed E-state index contributed by atoms with van der Waals surface area (Å²) in [6, 6.07) is 10.1. The van der Waals surface area contributed by atoms with Crippen molar-refractivity contribution in [1.29, 1.82) is 0 Å². The monoisotopic (exact) mass is 508 g/mol. The van der Waals surface area contributed by atoms with Crippen molar-refractivity contribution in [1.82, 2.24) is 15.4 Å². The molecule has 5 rings (SSSR count). The first-order chi connectivity index (χ1) is 17.4. The molecule has 4 heterocycles. The van der Waals surface area contributed by atoms with Crippen LogP contribution in [0.2, 0.25) is 0 Å². The first-order valence-corrected chi connectivity index (χ1v) is 11.8. The number of carboxylic acids is 1. The summed E-state index contributed by atoms with van der Waals surface area (Å²) in [6.07, 6.45) is 3.77. The van der Waals surface area contributed by atoms with Gasteiger partial charge in [0.05, 0.1) is 11.7 Å². The number of hydrogen-bond acceptors (Lipinski definition) is 10. The molecule has 12 nitrogen and oxygen atoms in total. The number of carboxylic acid groups (broad SMARTS) is 1. The third-order valence-electron chi connectivity index (χ3n) is 5.82. The van der Waals surface area contributed by atoms with Crippen molar-refractivity contribution in [3.63, 3.8) is 0 Å². The number of anilines is 1. The van der Waals surface area contributed by atoms with Crippen molar-refractivity contribution in [3.8, 4) is 0 Å². The maximum Gasteiger partial charge on any atom is 0.276 e. The molecule has 3 N–H and O–H groups in total. The Bertz CT molecular complexity index is 1450. The minimum atomic E-state index is -1.45. The number of hydrogen-bond donors (Lipinski definition) is 2. The van der Waals surface area contributed by atoms with E-state index in [1.807, 2.05) is 47.3 Å². The van der Waals surface area contributed by atoms with E-state index in [0.29, 0.717) is 11.3 Å². The van der Waals surface area contributed by atoms with E-state index < -0.39 is 29.2 Å².